The first-order valence-electron chi connectivity index (χ1n) is 10.4. The fourth-order valence-electron chi connectivity index (χ4n) is 3.91. The van der Waals surface area contributed by atoms with Crippen molar-refractivity contribution in [2.45, 2.75) is 24.9 Å². The molecule has 2 unspecified atom stereocenters. The maximum atomic E-state index is 14.1. The molecule has 184 valence electrons. The second-order valence-corrected chi connectivity index (χ2v) is 9.37. The minimum Gasteiger partial charge on any atom is -0.380 e. The summed E-state index contributed by atoms with van der Waals surface area (Å²) in [5, 5.41) is 12.8. The van der Waals surface area contributed by atoms with E-state index in [0.29, 0.717) is 28.6 Å². The summed E-state index contributed by atoms with van der Waals surface area (Å²) in [6, 6.07) is 7.39. The maximum absolute atomic E-state index is 14.1. The standard InChI is InChI=1S/C23H19ClF4N4O2S/c24-15-3-2-13(16(7-15)23(26,27)28)9-31-18-4-1-12(5-14(18)8-29)6-20-21(33)32(22(34)35-20)19-11-30-10-17(19)25/h1-8,17,19,29-31H,9-11H2/b20-6-,29-8?. The quantitative estimate of drug-likeness (QED) is 0.270. The number of amides is 2. The summed E-state index contributed by atoms with van der Waals surface area (Å²) < 4.78 is 54.1. The molecule has 2 amide bonds. The van der Waals surface area contributed by atoms with Gasteiger partial charge in [0, 0.05) is 42.1 Å². The predicted molar refractivity (Wildman–Crippen MR) is 127 cm³/mol. The van der Waals surface area contributed by atoms with Crippen LogP contribution in [-0.2, 0) is 17.5 Å². The molecule has 2 aromatic rings. The number of hydrogen-bond donors (Lipinski definition) is 3. The lowest BCUT2D eigenvalue weighted by Gasteiger charge is -2.21. The minimum absolute atomic E-state index is 0.0110. The van der Waals surface area contributed by atoms with E-state index in [9.17, 15) is 27.2 Å². The molecule has 3 N–H and O–H groups in total. The van der Waals surface area contributed by atoms with Gasteiger partial charge in [0.15, 0.2) is 0 Å². The molecule has 35 heavy (non-hydrogen) atoms. The fourth-order valence-corrected chi connectivity index (χ4v) is 4.97. The predicted octanol–water partition coefficient (Wildman–Crippen LogP) is 5.31. The van der Waals surface area contributed by atoms with Crippen molar-refractivity contribution in [1.82, 2.24) is 10.2 Å². The Morgan fingerprint density at radius 3 is 2.63 bits per heavy atom. The van der Waals surface area contributed by atoms with Gasteiger partial charge in [0.05, 0.1) is 16.5 Å². The van der Waals surface area contributed by atoms with Crippen molar-refractivity contribution in [2.24, 2.45) is 0 Å². The van der Waals surface area contributed by atoms with Crippen LogP contribution >= 0.6 is 23.4 Å². The van der Waals surface area contributed by atoms with Gasteiger partial charge in [-0.25, -0.2) is 4.39 Å². The Hall–Kier alpha value is -2.89. The Morgan fingerprint density at radius 2 is 1.97 bits per heavy atom. The number of halogens is 5. The number of carbonyl (C=O) groups is 2. The number of nitrogens with zero attached hydrogens (tertiary/aromatic N) is 1. The van der Waals surface area contributed by atoms with Crippen LogP contribution in [0.2, 0.25) is 5.02 Å². The van der Waals surface area contributed by atoms with Crippen LogP contribution in [-0.4, -0.2) is 47.6 Å². The van der Waals surface area contributed by atoms with Crippen LogP contribution in [0.1, 0.15) is 22.3 Å². The summed E-state index contributed by atoms with van der Waals surface area (Å²) in [4.78, 5) is 26.1. The summed E-state index contributed by atoms with van der Waals surface area (Å²) in [6.45, 7) is 0.0997. The number of carbonyl (C=O) groups excluding carboxylic acids is 2. The van der Waals surface area contributed by atoms with Crippen LogP contribution in [0, 0.1) is 5.41 Å². The van der Waals surface area contributed by atoms with Crippen LogP contribution < -0.4 is 10.6 Å². The highest BCUT2D eigenvalue weighted by molar-refractivity contribution is 8.18. The lowest BCUT2D eigenvalue weighted by atomic mass is 10.1. The van der Waals surface area contributed by atoms with Crippen molar-refractivity contribution in [3.05, 3.63) is 68.6 Å². The number of anilines is 1. The van der Waals surface area contributed by atoms with Gasteiger partial charge in [-0.3, -0.25) is 14.5 Å². The van der Waals surface area contributed by atoms with E-state index in [2.05, 4.69) is 10.6 Å². The number of imide groups is 1. The molecular weight excluding hydrogens is 508 g/mol. The van der Waals surface area contributed by atoms with Gasteiger partial charge in [-0.05, 0) is 53.2 Å². The topological polar surface area (TPSA) is 85.3 Å². The van der Waals surface area contributed by atoms with E-state index in [1.807, 2.05) is 0 Å². The third-order valence-electron chi connectivity index (χ3n) is 5.64. The molecule has 6 nitrogen and oxygen atoms in total. The average Bonchev–Trinajstić information content (AvgIpc) is 3.34. The zero-order valence-corrected chi connectivity index (χ0v) is 19.5. The molecule has 0 spiro atoms. The Kier molecular flexibility index (Phi) is 7.20. The van der Waals surface area contributed by atoms with Gasteiger partial charge in [-0.2, -0.15) is 13.2 Å². The molecule has 4 rings (SSSR count). The first kappa shape index (κ1) is 25.2. The number of alkyl halides is 4. The van der Waals surface area contributed by atoms with E-state index in [0.717, 1.165) is 17.2 Å². The molecule has 12 heteroatoms. The first-order chi connectivity index (χ1) is 16.6. The molecule has 2 fully saturated rings. The van der Waals surface area contributed by atoms with E-state index in [4.69, 9.17) is 17.0 Å². The molecule has 2 aromatic carbocycles. The van der Waals surface area contributed by atoms with Crippen LogP contribution in [0.3, 0.4) is 0 Å². The zero-order valence-electron chi connectivity index (χ0n) is 18.0. The van der Waals surface area contributed by atoms with Gasteiger partial charge in [0.2, 0.25) is 0 Å². The summed E-state index contributed by atoms with van der Waals surface area (Å²) in [5.41, 5.74) is 0.413. The zero-order chi connectivity index (χ0) is 25.3. The normalized spacial score (nSPS) is 21.7. The number of benzene rings is 2. The maximum Gasteiger partial charge on any atom is 0.416 e. The molecule has 0 aliphatic carbocycles. The highest BCUT2D eigenvalue weighted by Crippen LogP contribution is 2.36. The Morgan fingerprint density at radius 1 is 1.20 bits per heavy atom. The highest BCUT2D eigenvalue weighted by Gasteiger charge is 2.44. The molecule has 2 atom stereocenters. The molecule has 2 aliphatic heterocycles. The molecule has 0 saturated carbocycles. The van der Waals surface area contributed by atoms with Crippen molar-refractivity contribution in [1.29, 1.82) is 5.41 Å². The fraction of sp³-hybridized carbons (Fsp3) is 0.261. The third-order valence-corrected chi connectivity index (χ3v) is 6.76. The smallest absolute Gasteiger partial charge is 0.380 e. The van der Waals surface area contributed by atoms with Crippen molar-refractivity contribution < 1.29 is 27.2 Å². The van der Waals surface area contributed by atoms with E-state index < -0.39 is 35.1 Å². The van der Waals surface area contributed by atoms with Gasteiger partial charge < -0.3 is 16.0 Å². The van der Waals surface area contributed by atoms with Crippen LogP contribution in [0.4, 0.5) is 28.0 Å². The summed E-state index contributed by atoms with van der Waals surface area (Å²) in [6.07, 6.45) is -3.42. The number of hydrogen-bond acceptors (Lipinski definition) is 6. The van der Waals surface area contributed by atoms with E-state index in [1.54, 1.807) is 18.2 Å². The van der Waals surface area contributed by atoms with Crippen molar-refractivity contribution in [2.75, 3.05) is 18.4 Å². The third kappa shape index (κ3) is 5.36. The second kappa shape index (κ2) is 10.00. The number of nitrogens with one attached hydrogen (secondary N) is 3. The molecular formula is C23H19ClF4N4O2S. The van der Waals surface area contributed by atoms with Gasteiger partial charge in [0.25, 0.3) is 11.1 Å². The van der Waals surface area contributed by atoms with Crippen molar-refractivity contribution >= 4 is 52.5 Å². The molecule has 0 radical (unpaired) electrons. The largest absolute Gasteiger partial charge is 0.416 e. The van der Waals surface area contributed by atoms with Gasteiger partial charge in [-0.1, -0.05) is 23.7 Å². The summed E-state index contributed by atoms with van der Waals surface area (Å²) in [7, 11) is 0. The lowest BCUT2D eigenvalue weighted by molar-refractivity contribution is -0.138. The summed E-state index contributed by atoms with van der Waals surface area (Å²) >= 11 is 6.43. The highest BCUT2D eigenvalue weighted by atomic mass is 35.5. The number of thioether (sulfide) groups is 1. The second-order valence-electron chi connectivity index (χ2n) is 7.94. The average molecular weight is 527 g/mol. The van der Waals surface area contributed by atoms with Gasteiger partial charge in [0.1, 0.15) is 6.17 Å². The first-order valence-corrected chi connectivity index (χ1v) is 11.6. The van der Waals surface area contributed by atoms with Crippen LogP contribution in [0.5, 0.6) is 0 Å². The molecule has 2 saturated heterocycles. The van der Waals surface area contributed by atoms with Crippen LogP contribution in [0.25, 0.3) is 6.08 Å². The molecule has 2 heterocycles. The Bertz CT molecular complexity index is 1220. The summed E-state index contributed by atoms with van der Waals surface area (Å²) in [5.74, 6) is -0.586. The van der Waals surface area contributed by atoms with Crippen molar-refractivity contribution in [3.8, 4) is 0 Å². The molecule has 0 bridgehead atoms. The van der Waals surface area contributed by atoms with E-state index >= 15 is 0 Å². The Balaban J connectivity index is 1.53. The Labute approximate surface area is 207 Å². The van der Waals surface area contributed by atoms with Gasteiger partial charge >= 0.3 is 6.18 Å². The van der Waals surface area contributed by atoms with E-state index in [-0.39, 0.29) is 35.1 Å². The van der Waals surface area contributed by atoms with Crippen LogP contribution in [0.15, 0.2) is 41.3 Å². The van der Waals surface area contributed by atoms with Gasteiger partial charge in [-0.15, -0.1) is 0 Å². The number of rotatable bonds is 6. The monoisotopic (exact) mass is 526 g/mol. The molecule has 0 aromatic heterocycles. The lowest BCUT2D eigenvalue weighted by Crippen LogP contribution is -2.44. The minimum atomic E-state index is -4.57. The SMILES string of the molecule is N=Cc1cc(/C=C2\SC(=O)N(C3CNCC3F)C2=O)ccc1NCc1ccc(Cl)cc1C(F)(F)F. The molecule has 2 aliphatic rings. The van der Waals surface area contributed by atoms with E-state index in [1.165, 1.54) is 18.2 Å². The van der Waals surface area contributed by atoms with Crippen molar-refractivity contribution in [3.63, 3.8) is 0 Å².